The monoisotopic (exact) mass is 330 g/mol. The van der Waals surface area contributed by atoms with E-state index in [-0.39, 0.29) is 12.8 Å². The topological polar surface area (TPSA) is 91.3 Å². The van der Waals surface area contributed by atoms with Gasteiger partial charge in [0, 0.05) is 0 Å². The minimum absolute atomic E-state index is 0.271. The SMILES string of the molecule is CC(C)(C)OOC(C)(C)C#CC(C)(C)OOC(=O)CCC(=O)O. The summed E-state index contributed by atoms with van der Waals surface area (Å²) in [5, 5.41) is 8.48. The van der Waals surface area contributed by atoms with Crippen LogP contribution >= 0.6 is 0 Å². The summed E-state index contributed by atoms with van der Waals surface area (Å²) < 4.78 is 0. The smallest absolute Gasteiger partial charge is 0.343 e. The molecule has 7 nitrogen and oxygen atoms in total. The third-order valence-corrected chi connectivity index (χ3v) is 2.05. The van der Waals surface area contributed by atoms with Crippen molar-refractivity contribution in [3.63, 3.8) is 0 Å². The molecule has 1 N–H and O–H groups in total. The maximum absolute atomic E-state index is 11.3. The fraction of sp³-hybridized carbons (Fsp3) is 0.750. The summed E-state index contributed by atoms with van der Waals surface area (Å²) >= 11 is 0. The van der Waals surface area contributed by atoms with Gasteiger partial charge in [-0.05, 0) is 48.5 Å². The molecule has 0 fully saturated rings. The molecule has 0 aromatic heterocycles. The van der Waals surface area contributed by atoms with Crippen LogP contribution in [0.25, 0.3) is 0 Å². The third-order valence-electron chi connectivity index (χ3n) is 2.05. The highest BCUT2D eigenvalue weighted by molar-refractivity contribution is 5.76. The second-order valence-electron chi connectivity index (χ2n) is 6.98. The first kappa shape index (κ1) is 21.4. The van der Waals surface area contributed by atoms with Crippen LogP contribution in [-0.4, -0.2) is 33.8 Å². The van der Waals surface area contributed by atoms with E-state index < -0.39 is 28.7 Å². The molecular formula is C16H26O7. The lowest BCUT2D eigenvalue weighted by Crippen LogP contribution is -2.31. The molecule has 0 saturated carbocycles. The molecule has 0 spiro atoms. The Morgan fingerprint density at radius 2 is 1.30 bits per heavy atom. The zero-order valence-corrected chi connectivity index (χ0v) is 14.8. The second kappa shape index (κ2) is 8.29. The molecule has 7 heteroatoms. The maximum Gasteiger partial charge on any atom is 0.343 e. The van der Waals surface area contributed by atoms with Crippen molar-refractivity contribution in [3.05, 3.63) is 0 Å². The summed E-state index contributed by atoms with van der Waals surface area (Å²) in [6, 6.07) is 0. The Bertz CT molecular complexity index is 475. The molecule has 0 rings (SSSR count). The van der Waals surface area contributed by atoms with Crippen molar-refractivity contribution in [2.45, 2.75) is 78.1 Å². The normalized spacial score (nSPS) is 12.3. The number of carboxylic acid groups (broad SMARTS) is 1. The molecule has 0 aliphatic carbocycles. The molecule has 0 amide bonds. The van der Waals surface area contributed by atoms with Crippen molar-refractivity contribution in [1.82, 2.24) is 0 Å². The van der Waals surface area contributed by atoms with Gasteiger partial charge < -0.3 is 5.11 Å². The van der Waals surface area contributed by atoms with Gasteiger partial charge in [-0.1, -0.05) is 11.8 Å². The van der Waals surface area contributed by atoms with Gasteiger partial charge in [0.2, 0.25) is 0 Å². The molecule has 0 bridgehead atoms. The van der Waals surface area contributed by atoms with E-state index in [1.165, 1.54) is 0 Å². The molecule has 0 saturated heterocycles. The quantitative estimate of drug-likeness (QED) is 0.436. The highest BCUT2D eigenvalue weighted by atomic mass is 17.2. The number of hydrogen-bond acceptors (Lipinski definition) is 6. The van der Waals surface area contributed by atoms with Crippen LogP contribution in [0.5, 0.6) is 0 Å². The predicted molar refractivity (Wildman–Crippen MR) is 81.9 cm³/mol. The van der Waals surface area contributed by atoms with Gasteiger partial charge in [-0.15, -0.1) is 0 Å². The van der Waals surface area contributed by atoms with Crippen molar-refractivity contribution in [2.24, 2.45) is 0 Å². The lowest BCUT2D eigenvalue weighted by Gasteiger charge is -2.25. The number of rotatable bonds is 7. The minimum atomic E-state index is -1.08. The Morgan fingerprint density at radius 3 is 1.74 bits per heavy atom. The molecule has 132 valence electrons. The first-order valence-corrected chi connectivity index (χ1v) is 7.24. The molecule has 0 aliphatic rings. The Kier molecular flexibility index (Phi) is 7.71. The number of carbonyl (C=O) groups excluding carboxylic acids is 1. The number of carbonyl (C=O) groups is 2. The molecule has 0 aliphatic heterocycles. The molecule has 0 aromatic rings. The Balaban J connectivity index is 4.50. The number of aliphatic carboxylic acids is 1. The van der Waals surface area contributed by atoms with Gasteiger partial charge in [0.1, 0.15) is 0 Å². The summed E-state index contributed by atoms with van der Waals surface area (Å²) in [5.74, 6) is 3.77. The van der Waals surface area contributed by atoms with Crippen molar-refractivity contribution in [1.29, 1.82) is 0 Å². The lowest BCUT2D eigenvalue weighted by atomic mass is 10.1. The molecule has 23 heavy (non-hydrogen) atoms. The van der Waals surface area contributed by atoms with E-state index in [4.69, 9.17) is 19.8 Å². The van der Waals surface area contributed by atoms with Gasteiger partial charge in [-0.2, -0.15) is 4.89 Å². The minimum Gasteiger partial charge on any atom is -0.481 e. The predicted octanol–water partition coefficient (Wildman–Crippen LogP) is 2.63. The molecule has 0 aromatic carbocycles. The van der Waals surface area contributed by atoms with Crippen LogP contribution in [0.1, 0.15) is 61.3 Å². The largest absolute Gasteiger partial charge is 0.481 e. The van der Waals surface area contributed by atoms with Crippen LogP contribution < -0.4 is 0 Å². The summed E-state index contributed by atoms with van der Waals surface area (Å²) in [5.41, 5.74) is -2.44. The molecule has 0 heterocycles. The highest BCUT2D eigenvalue weighted by Gasteiger charge is 2.24. The standard InChI is InChI=1S/C16H26O7/c1-14(2,3)21-23-16(6,7)11-10-15(4,5)22-20-13(19)9-8-12(17)18/h8-9H2,1-7H3,(H,17,18). The Hall–Kier alpha value is -1.62. The zero-order valence-electron chi connectivity index (χ0n) is 14.8. The van der Waals surface area contributed by atoms with Gasteiger partial charge in [0.25, 0.3) is 0 Å². The van der Waals surface area contributed by atoms with Gasteiger partial charge in [-0.3, -0.25) is 9.68 Å². The average molecular weight is 330 g/mol. The fourth-order valence-corrected chi connectivity index (χ4v) is 0.973. The van der Waals surface area contributed by atoms with Crippen LogP contribution in [0.4, 0.5) is 0 Å². The zero-order chi connectivity index (χ0) is 18.3. The summed E-state index contributed by atoms with van der Waals surface area (Å²) in [7, 11) is 0. The molecular weight excluding hydrogens is 304 g/mol. The van der Waals surface area contributed by atoms with Gasteiger partial charge in [0.05, 0.1) is 18.4 Å². The van der Waals surface area contributed by atoms with Gasteiger partial charge in [0.15, 0.2) is 11.2 Å². The number of carboxylic acids is 1. The van der Waals surface area contributed by atoms with Crippen LogP contribution in [-0.2, 0) is 29.1 Å². The first-order valence-electron chi connectivity index (χ1n) is 7.24. The van der Waals surface area contributed by atoms with Crippen LogP contribution in [0.2, 0.25) is 0 Å². The van der Waals surface area contributed by atoms with E-state index in [9.17, 15) is 9.59 Å². The van der Waals surface area contributed by atoms with Crippen molar-refractivity contribution in [2.75, 3.05) is 0 Å². The fourth-order valence-electron chi connectivity index (χ4n) is 0.973. The Morgan fingerprint density at radius 1 is 0.826 bits per heavy atom. The second-order valence-corrected chi connectivity index (χ2v) is 6.98. The maximum atomic E-state index is 11.3. The third kappa shape index (κ3) is 12.6. The van der Waals surface area contributed by atoms with E-state index in [1.54, 1.807) is 27.7 Å². The first-order chi connectivity index (χ1) is 10.2. The summed E-state index contributed by atoms with van der Waals surface area (Å²) in [6.07, 6.45) is -0.591. The van der Waals surface area contributed by atoms with E-state index >= 15 is 0 Å². The van der Waals surface area contributed by atoms with Gasteiger partial charge in [-0.25, -0.2) is 14.6 Å². The van der Waals surface area contributed by atoms with E-state index in [2.05, 4.69) is 16.7 Å². The van der Waals surface area contributed by atoms with Crippen LogP contribution in [0.15, 0.2) is 0 Å². The van der Waals surface area contributed by atoms with E-state index in [1.807, 2.05) is 20.8 Å². The lowest BCUT2D eigenvalue weighted by molar-refractivity contribution is -0.384. The van der Waals surface area contributed by atoms with E-state index in [0.717, 1.165) is 0 Å². The molecule has 0 radical (unpaired) electrons. The van der Waals surface area contributed by atoms with E-state index in [0.29, 0.717) is 0 Å². The van der Waals surface area contributed by atoms with Crippen LogP contribution in [0, 0.1) is 11.8 Å². The summed E-state index contributed by atoms with van der Waals surface area (Å²) in [4.78, 5) is 41.7. The van der Waals surface area contributed by atoms with Crippen molar-refractivity contribution < 1.29 is 34.2 Å². The number of hydrogen-bond donors (Lipinski definition) is 1. The molecule has 0 unspecified atom stereocenters. The van der Waals surface area contributed by atoms with Gasteiger partial charge >= 0.3 is 11.9 Å². The highest BCUT2D eigenvalue weighted by Crippen LogP contribution is 2.17. The van der Waals surface area contributed by atoms with Crippen molar-refractivity contribution >= 4 is 11.9 Å². The Labute approximate surface area is 137 Å². The average Bonchev–Trinajstić information content (AvgIpc) is 2.38. The van der Waals surface area contributed by atoms with Crippen LogP contribution in [0.3, 0.4) is 0 Å². The van der Waals surface area contributed by atoms with Crippen molar-refractivity contribution in [3.8, 4) is 11.8 Å². The summed E-state index contributed by atoms with van der Waals surface area (Å²) in [6.45, 7) is 12.2. The molecule has 0 atom stereocenters.